The minimum Gasteiger partial charge on any atom is -0.479 e. The highest BCUT2D eigenvalue weighted by molar-refractivity contribution is 6.27. The Bertz CT molecular complexity index is 6180. The number of hydrogen-bond acceptors (Lipinski definition) is 23. The first-order chi connectivity index (χ1) is 62.5. The Hall–Kier alpha value is -15.3. The van der Waals surface area contributed by atoms with Crippen LogP contribution in [-0.2, 0) is 28.8 Å². The predicted molar refractivity (Wildman–Crippen MR) is 460 cm³/mol. The number of aliphatic hydroxyl groups excluding tert-OH is 2. The summed E-state index contributed by atoms with van der Waals surface area (Å²) in [5.74, 6) is -12.4. The first-order valence-electron chi connectivity index (χ1n) is 41.5. The summed E-state index contributed by atoms with van der Waals surface area (Å²) in [5, 5.41) is 59.4. The number of aromatic nitrogens is 2. The van der Waals surface area contributed by atoms with Gasteiger partial charge in [0.05, 0.1) is 82.0 Å². The van der Waals surface area contributed by atoms with E-state index in [1.807, 2.05) is 60.7 Å². The maximum Gasteiger partial charge on any atom is 0.334 e. The summed E-state index contributed by atoms with van der Waals surface area (Å²) in [6.07, 6.45) is 3.92. The van der Waals surface area contributed by atoms with Crippen molar-refractivity contribution in [2.45, 2.75) is 101 Å². The van der Waals surface area contributed by atoms with E-state index in [1.54, 1.807) is 6.07 Å². The Labute approximate surface area is 732 Å². The van der Waals surface area contributed by atoms with E-state index >= 15 is 13.2 Å². The van der Waals surface area contributed by atoms with Gasteiger partial charge in [0.25, 0.3) is 53.2 Å². The normalized spacial score (nSPS) is 16.0. The van der Waals surface area contributed by atoms with Crippen molar-refractivity contribution < 1.29 is 106 Å². The number of amides is 13. The van der Waals surface area contributed by atoms with Crippen molar-refractivity contribution >= 4 is 139 Å². The van der Waals surface area contributed by atoms with Crippen molar-refractivity contribution in [2.75, 3.05) is 67.7 Å². The average Bonchev–Trinajstić information content (AvgIpc) is 1.43. The van der Waals surface area contributed by atoms with Crippen LogP contribution < -0.4 is 64.2 Å². The van der Waals surface area contributed by atoms with Crippen molar-refractivity contribution in [1.29, 1.82) is 0 Å². The molecule has 4 aliphatic heterocycles. The van der Waals surface area contributed by atoms with Crippen molar-refractivity contribution in [2.24, 2.45) is 5.73 Å². The van der Waals surface area contributed by atoms with Gasteiger partial charge in [-0.15, -0.1) is 0 Å². The number of nitrogens with zero attached hydrogens (tertiary/aromatic N) is 4. The number of nitrogens with two attached hydrogens (primary N) is 1. The third kappa shape index (κ3) is 21.1. The molecule has 13 amide bonds. The number of nitrogens with one attached hydrogen (secondary N) is 11. The van der Waals surface area contributed by atoms with Crippen LogP contribution in [0.2, 0.25) is 0 Å². The molecule has 4 unspecified atom stereocenters. The van der Waals surface area contributed by atoms with E-state index in [-0.39, 0.29) is 160 Å². The molecule has 0 spiro atoms. The number of imide groups is 4. The van der Waals surface area contributed by atoms with Gasteiger partial charge in [-0.3, -0.25) is 97.1 Å². The molecule has 4 fully saturated rings. The van der Waals surface area contributed by atoms with E-state index in [4.69, 9.17) is 12.2 Å². The highest BCUT2D eigenvalue weighted by Gasteiger charge is 2.48. The molecule has 6 aliphatic rings. The highest BCUT2D eigenvalue weighted by atomic mass is 19.1. The van der Waals surface area contributed by atoms with Crippen LogP contribution in [0.4, 0.5) is 56.1 Å². The van der Waals surface area contributed by atoms with Crippen LogP contribution >= 0.6 is 0 Å². The number of carbonyl (C=O) groups is 14. The smallest absolute Gasteiger partial charge is 0.334 e. The fraction of sp³-hybridized carbons (Fsp3) is 0.253. The molecule has 2 aromatic heterocycles. The SMILES string of the molecule is NCCCNC(=O)c1ccc(-c2cc3c(Nc4ccccc4)c(C(=O)NC4CC4)cnc3cc2F)cc1F.O=C1CCC(N2C(=O)c3cccc(NCC(O)C(=O)NCCCNC(=O)c4ccc(-c5cc6c(Nc7ccccc7)c(C(=O)NC7CC7)cnc6cc5F)cc4F)c3C2=O)C(=O)N1.O=C1CCC(N2C(=O)c3cccc(NCC(O)C(=O)O)c3C2=O)C(=O)N1.[2H]CF. The fourth-order valence-electron chi connectivity index (χ4n) is 14.6. The summed E-state index contributed by atoms with van der Waals surface area (Å²) in [7, 11) is -1.00. The molecule has 666 valence electrons. The molecule has 33 nitrogen and oxygen atoms in total. The number of halogens is 5. The molecule has 38 heteroatoms. The van der Waals surface area contributed by atoms with Crippen LogP contribution in [-0.4, -0.2) is 201 Å². The molecule has 16 rings (SSSR count). The van der Waals surface area contributed by atoms with E-state index in [2.05, 4.69) is 68.5 Å². The first kappa shape index (κ1) is 90.0. The Morgan fingerprint density at radius 1 is 0.481 bits per heavy atom. The number of hydrogen-bond donors (Lipinski definition) is 15. The van der Waals surface area contributed by atoms with Crippen molar-refractivity contribution in [1.82, 2.24) is 57.0 Å². The lowest BCUT2D eigenvalue weighted by Crippen LogP contribution is -2.54. The van der Waals surface area contributed by atoms with Crippen LogP contribution in [0.5, 0.6) is 0 Å². The molecule has 0 radical (unpaired) electrons. The molecule has 4 atom stereocenters. The number of aliphatic carboxylic acids is 1. The van der Waals surface area contributed by atoms with E-state index in [0.29, 0.717) is 58.4 Å². The molecule has 2 saturated carbocycles. The Morgan fingerprint density at radius 2 is 0.891 bits per heavy atom. The first-order valence-corrected chi connectivity index (χ1v) is 40.8. The van der Waals surface area contributed by atoms with Crippen LogP contribution in [0.3, 0.4) is 0 Å². The van der Waals surface area contributed by atoms with E-state index in [1.165, 1.54) is 91.3 Å². The van der Waals surface area contributed by atoms with Crippen molar-refractivity contribution in [3.63, 3.8) is 0 Å². The third-order valence-corrected chi connectivity index (χ3v) is 21.5. The predicted octanol–water partition coefficient (Wildman–Crippen LogP) is 8.35. The van der Waals surface area contributed by atoms with Crippen molar-refractivity contribution in [3.8, 4) is 22.3 Å². The second-order valence-electron chi connectivity index (χ2n) is 30.4. The summed E-state index contributed by atoms with van der Waals surface area (Å²) in [4.78, 5) is 184. The largest absolute Gasteiger partial charge is 0.479 e. The van der Waals surface area contributed by atoms with E-state index in [0.717, 1.165) is 53.3 Å². The average molecular weight is 1770 g/mol. The number of rotatable bonds is 29. The lowest BCUT2D eigenvalue weighted by molar-refractivity contribution is -0.146. The Kier molecular flexibility index (Phi) is 28.4. The lowest BCUT2D eigenvalue weighted by atomic mass is 9.98. The van der Waals surface area contributed by atoms with Gasteiger partial charge in [0, 0.05) is 120 Å². The maximum atomic E-state index is 15.6. The number of piperidine rings is 2. The topological polar surface area (TPSA) is 490 Å². The number of carboxylic acid groups (broad SMARTS) is 1. The van der Waals surface area contributed by atoms with Gasteiger partial charge in [-0.25, -0.2) is 22.4 Å². The van der Waals surface area contributed by atoms with Gasteiger partial charge in [-0.1, -0.05) is 60.7 Å². The Balaban J connectivity index is 0.000000181. The number of fused-ring (bicyclic) bond motifs is 4. The van der Waals surface area contributed by atoms with Gasteiger partial charge < -0.3 is 68.9 Å². The van der Waals surface area contributed by atoms with Crippen LogP contribution in [0.1, 0.15) is 148 Å². The summed E-state index contributed by atoms with van der Waals surface area (Å²) in [5.41, 5.74) is 9.38. The van der Waals surface area contributed by atoms with Crippen molar-refractivity contribution in [3.05, 3.63) is 238 Å². The zero-order valence-electron chi connectivity index (χ0n) is 69.5. The third-order valence-electron chi connectivity index (χ3n) is 21.5. The number of carbonyl (C=O) groups excluding carboxylic acids is 13. The summed E-state index contributed by atoms with van der Waals surface area (Å²) >= 11 is 0. The minimum atomic E-state index is -1.69. The number of carboxylic acids is 1. The van der Waals surface area contributed by atoms with Gasteiger partial charge in [-0.2, -0.15) is 0 Å². The zero-order chi connectivity index (χ0) is 92.7. The molecular formula is C91H85F5N16O17. The molecule has 16 N–H and O–H groups in total. The molecule has 129 heavy (non-hydrogen) atoms. The number of pyridine rings is 2. The van der Waals surface area contributed by atoms with Gasteiger partial charge in [0.2, 0.25) is 23.6 Å². The molecule has 2 saturated heterocycles. The fourth-order valence-corrected chi connectivity index (χ4v) is 14.6. The summed E-state index contributed by atoms with van der Waals surface area (Å²) in [6, 6.07) is 38.3. The van der Waals surface area contributed by atoms with Crippen LogP contribution in [0.15, 0.2) is 170 Å². The number of aliphatic hydroxyl groups is 2. The molecule has 10 aromatic rings. The van der Waals surface area contributed by atoms with E-state index < -0.39 is 126 Å². The second-order valence-corrected chi connectivity index (χ2v) is 30.4. The highest BCUT2D eigenvalue weighted by Crippen LogP contribution is 2.40. The van der Waals surface area contributed by atoms with Gasteiger partial charge >= 0.3 is 5.97 Å². The maximum absolute atomic E-state index is 15.6. The number of anilines is 6. The van der Waals surface area contributed by atoms with Crippen LogP contribution in [0, 0.1) is 23.3 Å². The minimum absolute atomic E-state index is 0.000196. The number of para-hydroxylation sites is 2. The molecule has 6 heterocycles. The van der Waals surface area contributed by atoms with Crippen LogP contribution in [0.25, 0.3) is 44.1 Å². The van der Waals surface area contributed by atoms with Gasteiger partial charge in [0.1, 0.15) is 41.5 Å². The van der Waals surface area contributed by atoms with E-state index in [9.17, 15) is 86.1 Å². The lowest BCUT2D eigenvalue weighted by Gasteiger charge is -2.27. The number of alkyl halides is 1. The molecular weight excluding hydrogens is 1680 g/mol. The molecule has 8 aromatic carbocycles. The zero-order valence-corrected chi connectivity index (χ0v) is 68.5. The Morgan fingerprint density at radius 3 is 1.29 bits per heavy atom. The summed E-state index contributed by atoms with van der Waals surface area (Å²) in [6.45, 7) is 0.0574. The molecule has 0 bridgehead atoms. The second kappa shape index (κ2) is 40.8. The van der Waals surface area contributed by atoms with Gasteiger partial charge in [0.15, 0.2) is 6.10 Å². The standard InChI is InChI=1S/C45H40F2N8O8.C29H27F2N5O2.C16H15N3O7.CH3F/c46-31-18-23(28-19-29-34(20-32(28)47)50-21-30(41(59)53-25-11-12-25)39(29)52-24-6-2-1-3-7-24)10-13-26(31)40(58)48-16-5-17-49-43(61)36(56)22-51-33-9-4-8-27-38(33)45(63)55(44(27)62)35-14-15-37(57)54-42(35)60;30-24-13-17(7-10-20(24)28(37)33-12-4-11-32)21-14-22-26(15-25(21)31)34-16-23(29(38)36-19-8-9-19)27(22)35-18-5-2-1-3-6-18;20-10(16(25)26)6-17-8-3-1-2-7-12(8)15(24)19(14(7)23)9-4-5-11(21)18-13(9)22;1-2/h1-4,6-10,13,18-21,25,35-36,51,56H,5,11-12,14-17,22H2,(H,48,58)(H,49,61)(H,50,52)(H,53,59)(H,54,57,60);1-3,5-7,10,13-16,19H,4,8-9,11-12,32H2,(H,33,37)(H,34,35)(H,36,38);1-3,9-10,17,20H,4-6H2,(H,25,26)(H,18,21,22);1H3/i;;;1D. The monoisotopic (exact) mass is 1770 g/mol. The van der Waals surface area contributed by atoms with Gasteiger partial charge in [-0.05, 0) is 154 Å². The summed E-state index contributed by atoms with van der Waals surface area (Å²) < 4.78 is 76.7. The molecule has 2 aliphatic carbocycles. The quantitative estimate of drug-likeness (QED) is 0.0119. The number of benzene rings is 8.